The van der Waals surface area contributed by atoms with Crippen LogP contribution >= 0.6 is 0 Å². The van der Waals surface area contributed by atoms with Crippen molar-refractivity contribution in [1.82, 2.24) is 0 Å². The van der Waals surface area contributed by atoms with Gasteiger partial charge in [-0.1, -0.05) is 0 Å². The maximum atomic E-state index is 11.1. The van der Waals surface area contributed by atoms with Gasteiger partial charge in [-0.2, -0.15) is 0 Å². The highest BCUT2D eigenvalue weighted by Gasteiger charge is 2.35. The molecular weight excluding hydrogens is 242 g/mol. The van der Waals surface area contributed by atoms with Gasteiger partial charge in [0, 0.05) is 31.3 Å². The number of carboxylic acids is 1. The van der Waals surface area contributed by atoms with Crippen LogP contribution in [-0.2, 0) is 4.79 Å². The molecule has 0 aliphatic heterocycles. The molecule has 1 atom stereocenters. The lowest BCUT2D eigenvalue weighted by Gasteiger charge is -2.21. The molecule has 0 heterocycles. The summed E-state index contributed by atoms with van der Waals surface area (Å²) in [6, 6.07) is 5.99. The molecule has 0 saturated heterocycles. The van der Waals surface area contributed by atoms with Crippen LogP contribution < -0.4 is 9.64 Å². The van der Waals surface area contributed by atoms with Crippen molar-refractivity contribution in [2.24, 2.45) is 5.92 Å². The summed E-state index contributed by atoms with van der Waals surface area (Å²) in [5.74, 6) is 0.604. The van der Waals surface area contributed by atoms with Gasteiger partial charge in [-0.25, -0.2) is 0 Å². The summed E-state index contributed by atoms with van der Waals surface area (Å²) >= 11 is 0. The van der Waals surface area contributed by atoms with Crippen LogP contribution in [-0.4, -0.2) is 32.3 Å². The first-order chi connectivity index (χ1) is 9.02. The molecule has 19 heavy (non-hydrogen) atoms. The third kappa shape index (κ3) is 3.19. The van der Waals surface area contributed by atoms with E-state index in [9.17, 15) is 4.79 Å². The van der Waals surface area contributed by atoms with E-state index in [1.165, 1.54) is 0 Å². The average Bonchev–Trinajstić information content (AvgIpc) is 3.19. The number of methoxy groups -OCH3 is 1. The van der Waals surface area contributed by atoms with Crippen molar-refractivity contribution in [2.45, 2.75) is 25.2 Å². The fourth-order valence-corrected chi connectivity index (χ4v) is 2.51. The first kappa shape index (κ1) is 13.7. The summed E-state index contributed by atoms with van der Waals surface area (Å²) in [7, 11) is 5.60. The molecular formula is C15H21NO3. The molecule has 1 saturated carbocycles. The van der Waals surface area contributed by atoms with E-state index in [-0.39, 0.29) is 12.3 Å². The molecule has 1 aliphatic rings. The molecule has 1 fully saturated rings. The summed E-state index contributed by atoms with van der Waals surface area (Å²) in [5, 5.41) is 9.11. The number of nitrogens with zero attached hydrogens (tertiary/aromatic N) is 1. The van der Waals surface area contributed by atoms with Crippen LogP contribution in [0.3, 0.4) is 0 Å². The van der Waals surface area contributed by atoms with Crippen molar-refractivity contribution >= 4 is 11.7 Å². The number of carboxylic acid groups (broad SMARTS) is 1. The number of rotatable bonds is 6. The first-order valence-electron chi connectivity index (χ1n) is 6.60. The lowest BCUT2D eigenvalue weighted by Crippen LogP contribution is -2.13. The average molecular weight is 263 g/mol. The minimum atomic E-state index is -0.741. The molecule has 1 aliphatic carbocycles. The lowest BCUT2D eigenvalue weighted by molar-refractivity contribution is -0.137. The second-order valence-corrected chi connectivity index (χ2v) is 5.36. The second-order valence-electron chi connectivity index (χ2n) is 5.36. The SMILES string of the molecule is COc1ccc(N(C)C)cc1C(CC(=O)O)C1CC1. The van der Waals surface area contributed by atoms with Crippen molar-refractivity contribution in [3.8, 4) is 5.75 Å². The monoisotopic (exact) mass is 263 g/mol. The molecule has 1 unspecified atom stereocenters. The number of hydrogen-bond acceptors (Lipinski definition) is 3. The minimum absolute atomic E-state index is 0.0624. The van der Waals surface area contributed by atoms with Gasteiger partial charge in [0.15, 0.2) is 0 Å². The molecule has 0 spiro atoms. The highest BCUT2D eigenvalue weighted by molar-refractivity contribution is 5.69. The fourth-order valence-electron chi connectivity index (χ4n) is 2.51. The summed E-state index contributed by atoms with van der Waals surface area (Å²) in [6.45, 7) is 0. The highest BCUT2D eigenvalue weighted by atomic mass is 16.5. The van der Waals surface area contributed by atoms with Crippen molar-refractivity contribution in [3.63, 3.8) is 0 Å². The fraction of sp³-hybridized carbons (Fsp3) is 0.533. The first-order valence-corrected chi connectivity index (χ1v) is 6.60. The predicted molar refractivity (Wildman–Crippen MR) is 75.0 cm³/mol. The Bertz CT molecular complexity index is 466. The van der Waals surface area contributed by atoms with Crippen LogP contribution in [0.25, 0.3) is 0 Å². The lowest BCUT2D eigenvalue weighted by atomic mass is 9.90. The van der Waals surface area contributed by atoms with Gasteiger partial charge in [-0.15, -0.1) is 0 Å². The molecule has 1 aromatic rings. The van der Waals surface area contributed by atoms with E-state index in [0.29, 0.717) is 5.92 Å². The maximum absolute atomic E-state index is 11.1. The number of hydrogen-bond donors (Lipinski definition) is 1. The van der Waals surface area contributed by atoms with Crippen LogP contribution in [0.1, 0.15) is 30.7 Å². The highest BCUT2D eigenvalue weighted by Crippen LogP contribution is 2.47. The standard InChI is InChI=1S/C15H21NO3/c1-16(2)11-6-7-14(19-3)13(8-11)12(9-15(17)18)10-4-5-10/h6-8,10,12H,4-5,9H2,1-3H3,(H,17,18). The zero-order valence-corrected chi connectivity index (χ0v) is 11.7. The molecule has 104 valence electrons. The van der Waals surface area contributed by atoms with Gasteiger partial charge in [0.2, 0.25) is 0 Å². The summed E-state index contributed by atoms with van der Waals surface area (Å²) < 4.78 is 5.41. The van der Waals surface area contributed by atoms with E-state index >= 15 is 0 Å². The Hall–Kier alpha value is -1.71. The van der Waals surface area contributed by atoms with Crippen molar-refractivity contribution in [2.75, 3.05) is 26.1 Å². The van der Waals surface area contributed by atoms with Gasteiger partial charge in [0.25, 0.3) is 0 Å². The van der Waals surface area contributed by atoms with Crippen LogP contribution in [0.5, 0.6) is 5.75 Å². The molecule has 1 N–H and O–H groups in total. The van der Waals surface area contributed by atoms with E-state index in [0.717, 1.165) is 29.8 Å². The summed E-state index contributed by atoms with van der Waals surface area (Å²) in [4.78, 5) is 13.1. The molecule has 4 nitrogen and oxygen atoms in total. The normalized spacial score (nSPS) is 15.9. The Morgan fingerprint density at radius 3 is 2.63 bits per heavy atom. The largest absolute Gasteiger partial charge is 0.496 e. The Morgan fingerprint density at radius 1 is 1.47 bits per heavy atom. The zero-order chi connectivity index (χ0) is 14.0. The van der Waals surface area contributed by atoms with E-state index in [1.54, 1.807) is 7.11 Å². The molecule has 0 aromatic heterocycles. The third-order valence-electron chi connectivity index (χ3n) is 3.71. The predicted octanol–water partition coefficient (Wildman–Crippen LogP) is 2.73. The number of anilines is 1. The summed E-state index contributed by atoms with van der Waals surface area (Å²) in [6.07, 6.45) is 2.42. The Morgan fingerprint density at radius 2 is 2.16 bits per heavy atom. The maximum Gasteiger partial charge on any atom is 0.303 e. The molecule has 4 heteroatoms. The van der Waals surface area contributed by atoms with Gasteiger partial charge in [0.05, 0.1) is 13.5 Å². The Labute approximate surface area is 114 Å². The second kappa shape index (κ2) is 5.51. The topological polar surface area (TPSA) is 49.8 Å². The number of aliphatic carboxylic acids is 1. The van der Waals surface area contributed by atoms with Gasteiger partial charge in [-0.3, -0.25) is 4.79 Å². The Kier molecular flexibility index (Phi) is 3.98. The van der Waals surface area contributed by atoms with Crippen LogP contribution in [0, 0.1) is 5.92 Å². The Balaban J connectivity index is 2.37. The van der Waals surface area contributed by atoms with Crippen molar-refractivity contribution < 1.29 is 14.6 Å². The van der Waals surface area contributed by atoms with Gasteiger partial charge in [-0.05, 0) is 37.0 Å². The van der Waals surface area contributed by atoms with Crippen LogP contribution in [0.15, 0.2) is 18.2 Å². The van der Waals surface area contributed by atoms with E-state index < -0.39 is 5.97 Å². The molecule has 2 rings (SSSR count). The van der Waals surface area contributed by atoms with Crippen molar-refractivity contribution in [3.05, 3.63) is 23.8 Å². The van der Waals surface area contributed by atoms with Gasteiger partial charge >= 0.3 is 5.97 Å². The summed E-state index contributed by atoms with van der Waals surface area (Å²) in [5.41, 5.74) is 2.10. The van der Waals surface area contributed by atoms with E-state index in [4.69, 9.17) is 9.84 Å². The smallest absolute Gasteiger partial charge is 0.303 e. The number of ether oxygens (including phenoxy) is 1. The van der Waals surface area contributed by atoms with Gasteiger partial charge in [0.1, 0.15) is 5.75 Å². The number of carbonyl (C=O) groups is 1. The minimum Gasteiger partial charge on any atom is -0.496 e. The molecule has 0 amide bonds. The van der Waals surface area contributed by atoms with Crippen molar-refractivity contribution in [1.29, 1.82) is 0 Å². The molecule has 1 aromatic carbocycles. The molecule has 0 bridgehead atoms. The third-order valence-corrected chi connectivity index (χ3v) is 3.71. The van der Waals surface area contributed by atoms with E-state index in [2.05, 4.69) is 6.07 Å². The van der Waals surface area contributed by atoms with Crippen LogP contribution in [0.4, 0.5) is 5.69 Å². The van der Waals surface area contributed by atoms with E-state index in [1.807, 2.05) is 31.1 Å². The van der Waals surface area contributed by atoms with Gasteiger partial charge < -0.3 is 14.7 Å². The quantitative estimate of drug-likeness (QED) is 0.857. The molecule has 0 radical (unpaired) electrons. The zero-order valence-electron chi connectivity index (χ0n) is 11.7. The van der Waals surface area contributed by atoms with Crippen LogP contribution in [0.2, 0.25) is 0 Å². The number of benzene rings is 1.